The second kappa shape index (κ2) is 3.70. The lowest BCUT2D eigenvalue weighted by molar-refractivity contribution is 0.678. The number of aryl methyl sites for hydroxylation is 1. The lowest BCUT2D eigenvalue weighted by Gasteiger charge is -2.26. The topological polar surface area (TPSA) is 12.0 Å². The van der Waals surface area contributed by atoms with Gasteiger partial charge in [-0.1, -0.05) is 24.3 Å². The smallest absolute Gasteiger partial charge is 0.0609 e. The van der Waals surface area contributed by atoms with E-state index in [-0.39, 0.29) is 0 Å². The van der Waals surface area contributed by atoms with Crippen LogP contribution in [0.15, 0.2) is 41.8 Å². The van der Waals surface area contributed by atoms with E-state index in [9.17, 15) is 0 Å². The van der Waals surface area contributed by atoms with Crippen molar-refractivity contribution in [3.8, 4) is 0 Å². The van der Waals surface area contributed by atoms with Gasteiger partial charge in [0.15, 0.2) is 0 Å². The minimum Gasteiger partial charge on any atom is -0.377 e. The first-order valence-electron chi connectivity index (χ1n) is 5.31. The Morgan fingerprint density at radius 2 is 2.07 bits per heavy atom. The van der Waals surface area contributed by atoms with Gasteiger partial charge in [0.2, 0.25) is 0 Å². The summed E-state index contributed by atoms with van der Waals surface area (Å²) in [6.45, 7) is 0. The number of benzene rings is 1. The molecule has 0 bridgehead atoms. The summed E-state index contributed by atoms with van der Waals surface area (Å²) >= 11 is 1.84. The van der Waals surface area contributed by atoms with Crippen LogP contribution < -0.4 is 5.32 Å². The van der Waals surface area contributed by atoms with Gasteiger partial charge in [-0.3, -0.25) is 0 Å². The molecule has 0 radical (unpaired) electrons. The first-order chi connectivity index (χ1) is 7.43. The molecule has 1 aliphatic heterocycles. The highest BCUT2D eigenvalue weighted by Crippen LogP contribution is 2.33. The third kappa shape index (κ3) is 1.65. The van der Waals surface area contributed by atoms with E-state index < -0.39 is 0 Å². The zero-order valence-electron chi connectivity index (χ0n) is 8.44. The van der Waals surface area contributed by atoms with Gasteiger partial charge < -0.3 is 5.32 Å². The number of rotatable bonds is 1. The summed E-state index contributed by atoms with van der Waals surface area (Å²) in [5, 5.41) is 5.76. The SMILES string of the molecule is c1csc([C@@H]2CCc3ccccc3N2)c1. The Kier molecular flexibility index (Phi) is 2.22. The van der Waals surface area contributed by atoms with Gasteiger partial charge in [0.25, 0.3) is 0 Å². The lowest BCUT2D eigenvalue weighted by atomic mass is 9.97. The van der Waals surface area contributed by atoms with Crippen LogP contribution in [0.25, 0.3) is 0 Å². The predicted molar refractivity (Wildman–Crippen MR) is 65.4 cm³/mol. The molecule has 0 fully saturated rings. The zero-order chi connectivity index (χ0) is 10.1. The third-order valence-corrected chi connectivity index (χ3v) is 3.92. The first kappa shape index (κ1) is 8.98. The molecule has 76 valence electrons. The van der Waals surface area contributed by atoms with Crippen LogP contribution in [0.3, 0.4) is 0 Å². The maximum atomic E-state index is 3.61. The van der Waals surface area contributed by atoms with Gasteiger partial charge in [0.05, 0.1) is 6.04 Å². The van der Waals surface area contributed by atoms with Gasteiger partial charge >= 0.3 is 0 Å². The maximum absolute atomic E-state index is 3.61. The fraction of sp³-hybridized carbons (Fsp3) is 0.231. The molecule has 1 N–H and O–H groups in total. The van der Waals surface area contributed by atoms with Crippen LogP contribution >= 0.6 is 11.3 Å². The number of thiophene rings is 1. The molecule has 2 heterocycles. The van der Waals surface area contributed by atoms with Crippen molar-refractivity contribution >= 4 is 17.0 Å². The molecule has 1 aromatic carbocycles. The molecule has 1 aliphatic rings. The fourth-order valence-corrected chi connectivity index (χ4v) is 2.95. The minimum atomic E-state index is 0.514. The van der Waals surface area contributed by atoms with Crippen molar-refractivity contribution in [2.24, 2.45) is 0 Å². The molecule has 0 amide bonds. The van der Waals surface area contributed by atoms with E-state index in [1.807, 2.05) is 11.3 Å². The molecule has 2 heteroatoms. The Morgan fingerprint density at radius 1 is 1.13 bits per heavy atom. The first-order valence-corrected chi connectivity index (χ1v) is 6.19. The molecule has 1 nitrogen and oxygen atoms in total. The third-order valence-electron chi connectivity index (χ3n) is 2.94. The molecule has 1 atom stereocenters. The van der Waals surface area contributed by atoms with Gasteiger partial charge in [-0.25, -0.2) is 0 Å². The summed E-state index contributed by atoms with van der Waals surface area (Å²) in [7, 11) is 0. The number of fused-ring (bicyclic) bond motifs is 1. The van der Waals surface area contributed by atoms with Gasteiger partial charge in [-0.2, -0.15) is 0 Å². The summed E-state index contributed by atoms with van der Waals surface area (Å²) in [6.07, 6.45) is 2.39. The van der Waals surface area contributed by atoms with Crippen LogP contribution in [0, 0.1) is 0 Å². The number of para-hydroxylation sites is 1. The molecule has 0 spiro atoms. The van der Waals surface area contributed by atoms with Gasteiger partial charge in [0.1, 0.15) is 0 Å². The maximum Gasteiger partial charge on any atom is 0.0609 e. The van der Waals surface area contributed by atoms with Crippen molar-refractivity contribution in [1.82, 2.24) is 0 Å². The summed E-state index contributed by atoms with van der Waals surface area (Å²) in [6, 6.07) is 13.5. The zero-order valence-corrected chi connectivity index (χ0v) is 9.26. The van der Waals surface area contributed by atoms with E-state index in [2.05, 4.69) is 47.1 Å². The highest BCUT2D eigenvalue weighted by Gasteiger charge is 2.18. The van der Waals surface area contributed by atoms with Gasteiger partial charge in [0, 0.05) is 10.6 Å². The minimum absolute atomic E-state index is 0.514. The Balaban J connectivity index is 1.89. The lowest BCUT2D eigenvalue weighted by Crippen LogP contribution is -2.16. The van der Waals surface area contributed by atoms with Crippen molar-refractivity contribution in [3.05, 3.63) is 52.2 Å². The summed E-state index contributed by atoms with van der Waals surface area (Å²) < 4.78 is 0. The van der Waals surface area contributed by atoms with E-state index in [0.29, 0.717) is 6.04 Å². The molecule has 3 rings (SSSR count). The summed E-state index contributed by atoms with van der Waals surface area (Å²) in [4.78, 5) is 1.45. The average molecular weight is 215 g/mol. The van der Waals surface area contributed by atoms with Crippen LogP contribution in [0.5, 0.6) is 0 Å². The molecular weight excluding hydrogens is 202 g/mol. The Morgan fingerprint density at radius 3 is 2.93 bits per heavy atom. The fourth-order valence-electron chi connectivity index (χ4n) is 2.14. The van der Waals surface area contributed by atoms with Gasteiger partial charge in [-0.15, -0.1) is 11.3 Å². The normalized spacial score (nSPS) is 19.3. The summed E-state index contributed by atoms with van der Waals surface area (Å²) in [5.41, 5.74) is 2.76. The van der Waals surface area contributed by atoms with E-state index >= 15 is 0 Å². The van der Waals surface area contributed by atoms with Crippen molar-refractivity contribution in [3.63, 3.8) is 0 Å². The monoisotopic (exact) mass is 215 g/mol. The second-order valence-electron chi connectivity index (χ2n) is 3.91. The van der Waals surface area contributed by atoms with E-state index in [1.54, 1.807) is 0 Å². The molecule has 15 heavy (non-hydrogen) atoms. The van der Waals surface area contributed by atoms with Crippen molar-refractivity contribution in [2.75, 3.05) is 5.32 Å². The predicted octanol–water partition coefficient (Wildman–Crippen LogP) is 3.85. The van der Waals surface area contributed by atoms with Crippen LogP contribution in [-0.2, 0) is 6.42 Å². The quantitative estimate of drug-likeness (QED) is 0.762. The van der Waals surface area contributed by atoms with Gasteiger partial charge in [-0.05, 0) is 35.9 Å². The number of anilines is 1. The van der Waals surface area contributed by atoms with E-state index in [1.165, 1.54) is 29.0 Å². The molecule has 0 saturated heterocycles. The molecular formula is C13H13NS. The number of hydrogen-bond acceptors (Lipinski definition) is 2. The van der Waals surface area contributed by atoms with Crippen LogP contribution in [0.2, 0.25) is 0 Å². The Labute approximate surface area is 93.8 Å². The molecule has 2 aromatic rings. The van der Waals surface area contributed by atoms with Crippen molar-refractivity contribution in [1.29, 1.82) is 0 Å². The van der Waals surface area contributed by atoms with Crippen molar-refractivity contribution < 1.29 is 0 Å². The largest absolute Gasteiger partial charge is 0.377 e. The highest BCUT2D eigenvalue weighted by molar-refractivity contribution is 7.10. The standard InChI is InChI=1S/C13H13NS/c1-2-5-11-10(4-1)7-8-12(14-11)13-6-3-9-15-13/h1-6,9,12,14H,7-8H2/t12-/m0/s1. The molecule has 0 aliphatic carbocycles. The van der Waals surface area contributed by atoms with E-state index in [0.717, 1.165) is 0 Å². The average Bonchev–Trinajstić information content (AvgIpc) is 2.82. The molecule has 0 saturated carbocycles. The van der Waals surface area contributed by atoms with Crippen LogP contribution in [0.4, 0.5) is 5.69 Å². The van der Waals surface area contributed by atoms with E-state index in [4.69, 9.17) is 0 Å². The summed E-state index contributed by atoms with van der Waals surface area (Å²) in [5.74, 6) is 0. The number of nitrogens with one attached hydrogen (secondary N) is 1. The van der Waals surface area contributed by atoms with Crippen molar-refractivity contribution in [2.45, 2.75) is 18.9 Å². The highest BCUT2D eigenvalue weighted by atomic mass is 32.1. The molecule has 0 unspecified atom stereocenters. The number of hydrogen-bond donors (Lipinski definition) is 1. The van der Waals surface area contributed by atoms with Crippen LogP contribution in [0.1, 0.15) is 22.9 Å². The Hall–Kier alpha value is -1.28. The second-order valence-corrected chi connectivity index (χ2v) is 4.89. The molecule has 1 aromatic heterocycles. The Bertz CT molecular complexity index is 447. The van der Waals surface area contributed by atoms with Crippen LogP contribution in [-0.4, -0.2) is 0 Å².